The van der Waals surface area contributed by atoms with E-state index in [9.17, 15) is 0 Å². The first-order valence-electron chi connectivity index (χ1n) is 4.32. The Morgan fingerprint density at radius 1 is 1.46 bits per heavy atom. The number of aliphatic hydroxyl groups excluding tert-OH is 1. The minimum absolute atomic E-state index is 0.0409. The van der Waals surface area contributed by atoms with Crippen LogP contribution in [-0.4, -0.2) is 5.11 Å². The molecule has 1 aromatic carbocycles. The van der Waals surface area contributed by atoms with Crippen molar-refractivity contribution in [1.82, 2.24) is 0 Å². The van der Waals surface area contributed by atoms with E-state index in [0.29, 0.717) is 11.5 Å². The molecule has 0 atom stereocenters. The van der Waals surface area contributed by atoms with Gasteiger partial charge in [0.05, 0.1) is 18.2 Å². The minimum Gasteiger partial charge on any atom is -0.392 e. The van der Waals surface area contributed by atoms with Crippen molar-refractivity contribution >= 4 is 0 Å². The molecule has 0 saturated carbocycles. The van der Waals surface area contributed by atoms with Crippen LogP contribution in [0.5, 0.6) is 0 Å². The van der Waals surface area contributed by atoms with Gasteiger partial charge in [-0.2, -0.15) is 5.26 Å². The van der Waals surface area contributed by atoms with Crippen LogP contribution in [0.25, 0.3) is 0 Å². The zero-order valence-electron chi connectivity index (χ0n) is 7.91. The van der Waals surface area contributed by atoms with E-state index in [-0.39, 0.29) is 6.61 Å². The van der Waals surface area contributed by atoms with Crippen molar-refractivity contribution < 1.29 is 5.11 Å². The highest BCUT2D eigenvalue weighted by molar-refractivity contribution is 5.39. The van der Waals surface area contributed by atoms with Crippen LogP contribution in [0.1, 0.15) is 36.5 Å². The van der Waals surface area contributed by atoms with Crippen molar-refractivity contribution in [3.8, 4) is 6.07 Å². The van der Waals surface area contributed by atoms with Gasteiger partial charge in [0.15, 0.2) is 0 Å². The number of hydrogen-bond donors (Lipinski definition) is 1. The zero-order chi connectivity index (χ0) is 9.84. The number of nitrogens with zero attached hydrogens (tertiary/aromatic N) is 1. The van der Waals surface area contributed by atoms with Crippen molar-refractivity contribution in [2.24, 2.45) is 0 Å². The second-order valence-electron chi connectivity index (χ2n) is 3.34. The molecule has 0 radical (unpaired) electrons. The Morgan fingerprint density at radius 2 is 2.15 bits per heavy atom. The Morgan fingerprint density at radius 3 is 2.62 bits per heavy atom. The molecule has 1 rings (SSSR count). The highest BCUT2D eigenvalue weighted by atomic mass is 16.3. The second kappa shape index (κ2) is 4.06. The second-order valence-corrected chi connectivity index (χ2v) is 3.34. The molecule has 0 unspecified atom stereocenters. The summed E-state index contributed by atoms with van der Waals surface area (Å²) < 4.78 is 0. The highest BCUT2D eigenvalue weighted by Gasteiger charge is 2.06. The summed E-state index contributed by atoms with van der Waals surface area (Å²) in [6, 6.07) is 7.48. The Labute approximate surface area is 78.4 Å². The lowest BCUT2D eigenvalue weighted by Gasteiger charge is -2.10. The van der Waals surface area contributed by atoms with E-state index in [1.807, 2.05) is 12.1 Å². The molecule has 0 amide bonds. The molecule has 0 heterocycles. The van der Waals surface area contributed by atoms with Crippen molar-refractivity contribution in [1.29, 1.82) is 5.26 Å². The predicted molar refractivity (Wildman–Crippen MR) is 51.2 cm³/mol. The third-order valence-electron chi connectivity index (χ3n) is 2.07. The van der Waals surface area contributed by atoms with Crippen LogP contribution >= 0.6 is 0 Å². The van der Waals surface area contributed by atoms with Gasteiger partial charge in [0.25, 0.3) is 0 Å². The largest absolute Gasteiger partial charge is 0.392 e. The molecule has 0 aromatic heterocycles. The fourth-order valence-corrected chi connectivity index (χ4v) is 1.35. The van der Waals surface area contributed by atoms with Gasteiger partial charge in [0.1, 0.15) is 0 Å². The first kappa shape index (κ1) is 9.76. The van der Waals surface area contributed by atoms with E-state index in [4.69, 9.17) is 10.4 Å². The average molecular weight is 175 g/mol. The molecule has 0 aliphatic heterocycles. The van der Waals surface area contributed by atoms with Crippen LogP contribution in [-0.2, 0) is 6.61 Å². The normalized spacial score (nSPS) is 10.1. The molecule has 1 N–H and O–H groups in total. The summed E-state index contributed by atoms with van der Waals surface area (Å²) in [7, 11) is 0. The smallest absolute Gasteiger partial charge is 0.0991 e. The first-order chi connectivity index (χ1) is 6.19. The molecule has 0 aliphatic rings. The van der Waals surface area contributed by atoms with Gasteiger partial charge >= 0.3 is 0 Å². The number of hydrogen-bond acceptors (Lipinski definition) is 2. The molecule has 1 aromatic rings. The van der Waals surface area contributed by atoms with E-state index in [1.54, 1.807) is 6.07 Å². The summed E-state index contributed by atoms with van der Waals surface area (Å²) >= 11 is 0. The fourth-order valence-electron chi connectivity index (χ4n) is 1.35. The van der Waals surface area contributed by atoms with Crippen LogP contribution in [0.2, 0.25) is 0 Å². The molecular formula is C11H13NO. The van der Waals surface area contributed by atoms with Gasteiger partial charge in [-0.3, -0.25) is 0 Å². The molecule has 13 heavy (non-hydrogen) atoms. The van der Waals surface area contributed by atoms with Crippen LogP contribution in [0.4, 0.5) is 0 Å². The van der Waals surface area contributed by atoms with E-state index in [0.717, 1.165) is 11.1 Å². The lowest BCUT2D eigenvalue weighted by molar-refractivity contribution is 0.280. The summed E-state index contributed by atoms with van der Waals surface area (Å²) in [5.41, 5.74) is 2.62. The monoisotopic (exact) mass is 175 g/mol. The van der Waals surface area contributed by atoms with Crippen molar-refractivity contribution in [2.45, 2.75) is 26.4 Å². The summed E-state index contributed by atoms with van der Waals surface area (Å²) in [4.78, 5) is 0. The molecule has 0 aliphatic carbocycles. The van der Waals surface area contributed by atoms with Gasteiger partial charge < -0.3 is 5.11 Å². The Balaban J connectivity index is 3.20. The summed E-state index contributed by atoms with van der Waals surface area (Å²) in [6.07, 6.45) is 0. The average Bonchev–Trinajstić information content (AvgIpc) is 2.16. The van der Waals surface area contributed by atoms with Gasteiger partial charge in [0, 0.05) is 0 Å². The number of aliphatic hydroxyl groups is 1. The molecule has 0 fully saturated rings. The lowest BCUT2D eigenvalue weighted by atomic mass is 9.96. The maximum absolute atomic E-state index is 9.05. The zero-order valence-corrected chi connectivity index (χ0v) is 7.91. The van der Waals surface area contributed by atoms with Gasteiger partial charge in [-0.25, -0.2) is 0 Å². The maximum Gasteiger partial charge on any atom is 0.0991 e. The van der Waals surface area contributed by atoms with Crippen LogP contribution in [0.3, 0.4) is 0 Å². The molecule has 0 spiro atoms. The lowest BCUT2D eigenvalue weighted by Crippen LogP contribution is -1.96. The molecular weight excluding hydrogens is 162 g/mol. The van der Waals surface area contributed by atoms with E-state index < -0.39 is 0 Å². The van der Waals surface area contributed by atoms with E-state index >= 15 is 0 Å². The molecule has 0 saturated heterocycles. The highest BCUT2D eigenvalue weighted by Crippen LogP contribution is 2.20. The number of nitriles is 1. The molecule has 0 bridgehead atoms. The molecule has 2 nitrogen and oxygen atoms in total. The molecule has 2 heteroatoms. The Kier molecular flexibility index (Phi) is 3.05. The van der Waals surface area contributed by atoms with Crippen LogP contribution < -0.4 is 0 Å². The quantitative estimate of drug-likeness (QED) is 0.748. The minimum atomic E-state index is 0.0409. The third kappa shape index (κ3) is 2.07. The van der Waals surface area contributed by atoms with Gasteiger partial charge in [0.2, 0.25) is 0 Å². The van der Waals surface area contributed by atoms with Gasteiger partial charge in [-0.15, -0.1) is 0 Å². The van der Waals surface area contributed by atoms with Gasteiger partial charge in [-0.1, -0.05) is 19.9 Å². The first-order valence-corrected chi connectivity index (χ1v) is 4.32. The Bertz CT molecular complexity index is 336. The van der Waals surface area contributed by atoms with Gasteiger partial charge in [-0.05, 0) is 29.2 Å². The van der Waals surface area contributed by atoms with Crippen molar-refractivity contribution in [2.75, 3.05) is 0 Å². The standard InChI is InChI=1S/C11H13NO/c1-8(2)11-5-9(6-12)3-4-10(11)7-13/h3-5,8,13H,7H2,1-2H3. The summed E-state index contributed by atoms with van der Waals surface area (Å²) in [6.45, 7) is 4.14. The molecule has 68 valence electrons. The van der Waals surface area contributed by atoms with Crippen LogP contribution in [0, 0.1) is 11.3 Å². The predicted octanol–water partition coefficient (Wildman–Crippen LogP) is 2.17. The SMILES string of the molecule is CC(C)c1cc(C#N)ccc1CO. The Hall–Kier alpha value is -1.33. The van der Waals surface area contributed by atoms with Crippen LogP contribution in [0.15, 0.2) is 18.2 Å². The topological polar surface area (TPSA) is 44.0 Å². The third-order valence-corrected chi connectivity index (χ3v) is 2.07. The fraction of sp³-hybridized carbons (Fsp3) is 0.364. The van der Waals surface area contributed by atoms with Crippen molar-refractivity contribution in [3.05, 3.63) is 34.9 Å². The summed E-state index contributed by atoms with van der Waals surface area (Å²) in [5, 5.41) is 17.7. The maximum atomic E-state index is 9.05. The van der Waals surface area contributed by atoms with Crippen molar-refractivity contribution in [3.63, 3.8) is 0 Å². The summed E-state index contributed by atoms with van der Waals surface area (Å²) in [5.74, 6) is 0.343. The van der Waals surface area contributed by atoms with E-state index in [2.05, 4.69) is 19.9 Å². The van der Waals surface area contributed by atoms with E-state index in [1.165, 1.54) is 0 Å². The number of rotatable bonds is 2. The number of benzene rings is 1.